The highest BCUT2D eigenvalue weighted by molar-refractivity contribution is 5.98. The van der Waals surface area contributed by atoms with Gasteiger partial charge in [-0.25, -0.2) is 9.98 Å². The van der Waals surface area contributed by atoms with Crippen LogP contribution in [-0.2, 0) is 4.74 Å². The predicted molar refractivity (Wildman–Crippen MR) is 122 cm³/mol. The van der Waals surface area contributed by atoms with Gasteiger partial charge in [0.2, 0.25) is 5.95 Å². The molecular formula is C23H35F2N5O3. The van der Waals surface area contributed by atoms with E-state index in [1.54, 1.807) is 0 Å². The van der Waals surface area contributed by atoms with Crippen molar-refractivity contribution in [3.63, 3.8) is 0 Å². The average molecular weight is 468 g/mol. The van der Waals surface area contributed by atoms with Gasteiger partial charge in [0.15, 0.2) is 5.82 Å². The van der Waals surface area contributed by atoms with Gasteiger partial charge in [-0.2, -0.15) is 13.8 Å². The number of aliphatic hydroxyl groups excluding tert-OH is 1. The molecular weight excluding hydrogens is 432 g/mol. The van der Waals surface area contributed by atoms with E-state index in [2.05, 4.69) is 37.3 Å². The van der Waals surface area contributed by atoms with Crippen molar-refractivity contribution in [3.8, 4) is 0 Å². The summed E-state index contributed by atoms with van der Waals surface area (Å²) in [6.07, 6.45) is 9.91. The summed E-state index contributed by atoms with van der Waals surface area (Å²) in [5, 5.41) is 15.8. The lowest BCUT2D eigenvalue weighted by Crippen LogP contribution is -2.39. The first kappa shape index (κ1) is 25.4. The van der Waals surface area contributed by atoms with Gasteiger partial charge in [-0.15, -0.1) is 0 Å². The monoisotopic (exact) mass is 467 g/mol. The molecule has 1 heterocycles. The topological polar surface area (TPSA) is 109 Å². The van der Waals surface area contributed by atoms with E-state index in [1.165, 1.54) is 6.20 Å². The number of unbranched alkanes of at least 4 members (excludes halogenated alkanes) is 1. The maximum absolute atomic E-state index is 13.0. The number of alkyl halides is 2. The van der Waals surface area contributed by atoms with E-state index in [9.17, 15) is 18.7 Å². The van der Waals surface area contributed by atoms with Crippen LogP contribution in [0.25, 0.3) is 0 Å². The van der Waals surface area contributed by atoms with Gasteiger partial charge in [-0.3, -0.25) is 4.79 Å². The van der Waals surface area contributed by atoms with Crippen LogP contribution in [0.4, 0.5) is 20.5 Å². The van der Waals surface area contributed by atoms with Crippen LogP contribution in [0, 0.1) is 5.92 Å². The third kappa shape index (κ3) is 8.26. The van der Waals surface area contributed by atoms with E-state index in [0.29, 0.717) is 37.4 Å². The second-order valence-corrected chi connectivity index (χ2v) is 8.90. The fourth-order valence-electron chi connectivity index (χ4n) is 4.27. The number of amides is 1. The number of rotatable bonds is 10. The normalized spacial score (nSPS) is 26.0. The standard InChI is InChI=1S/C23H35F2N5O3/c1-2-3-12-26-23-28-14-19(20(30-23)27-13-15-4-8-17(31)9-5-15)21(32)29-16-6-10-18(11-7-16)33-22(24)25/h13-18,22,31H,2-12H2,1H3,(H,29,32)(H,26,28,30)/b27-13-. The molecule has 33 heavy (non-hydrogen) atoms. The molecule has 2 aliphatic rings. The largest absolute Gasteiger partial charge is 0.393 e. The molecule has 1 aromatic rings. The van der Waals surface area contributed by atoms with Gasteiger partial charge in [0.25, 0.3) is 5.91 Å². The first-order chi connectivity index (χ1) is 15.9. The van der Waals surface area contributed by atoms with Crippen molar-refractivity contribution in [3.05, 3.63) is 11.8 Å². The first-order valence-corrected chi connectivity index (χ1v) is 12.0. The highest BCUT2D eigenvalue weighted by Gasteiger charge is 2.26. The van der Waals surface area contributed by atoms with Crippen LogP contribution in [-0.4, -0.2) is 58.6 Å². The molecule has 184 valence electrons. The molecule has 3 N–H and O–H groups in total. The van der Waals surface area contributed by atoms with Gasteiger partial charge in [0, 0.05) is 25.0 Å². The molecule has 0 aromatic carbocycles. The summed E-state index contributed by atoms with van der Waals surface area (Å²) < 4.78 is 29.4. The van der Waals surface area contributed by atoms with Gasteiger partial charge < -0.3 is 20.5 Å². The van der Waals surface area contributed by atoms with Crippen LogP contribution >= 0.6 is 0 Å². The van der Waals surface area contributed by atoms with Gasteiger partial charge in [-0.05, 0) is 63.7 Å². The highest BCUT2D eigenvalue weighted by atomic mass is 19.3. The van der Waals surface area contributed by atoms with Crippen LogP contribution in [0.5, 0.6) is 0 Å². The number of hydrogen-bond acceptors (Lipinski definition) is 7. The lowest BCUT2D eigenvalue weighted by molar-refractivity contribution is -0.170. The summed E-state index contributed by atoms with van der Waals surface area (Å²) in [6.45, 7) is 0.0609. The number of aliphatic imine (C=N–C) groups is 1. The zero-order valence-corrected chi connectivity index (χ0v) is 19.2. The van der Waals surface area contributed by atoms with E-state index in [1.807, 2.05) is 6.21 Å². The van der Waals surface area contributed by atoms with Crippen LogP contribution in [0.15, 0.2) is 11.2 Å². The maximum Gasteiger partial charge on any atom is 0.345 e. The number of anilines is 1. The van der Waals surface area contributed by atoms with Crippen molar-refractivity contribution < 1.29 is 23.4 Å². The third-order valence-electron chi connectivity index (χ3n) is 6.28. The Balaban J connectivity index is 1.66. The fourth-order valence-corrected chi connectivity index (χ4v) is 4.27. The summed E-state index contributed by atoms with van der Waals surface area (Å²) in [7, 11) is 0. The van der Waals surface area contributed by atoms with Crippen molar-refractivity contribution in [1.82, 2.24) is 15.3 Å². The molecule has 10 heteroatoms. The second-order valence-electron chi connectivity index (χ2n) is 8.90. The van der Waals surface area contributed by atoms with E-state index < -0.39 is 12.7 Å². The molecule has 3 rings (SSSR count). The number of aliphatic hydroxyl groups is 1. The number of hydrogen-bond donors (Lipinski definition) is 3. The Morgan fingerprint density at radius 3 is 2.64 bits per heavy atom. The zero-order valence-electron chi connectivity index (χ0n) is 19.2. The summed E-state index contributed by atoms with van der Waals surface area (Å²) in [4.78, 5) is 26.3. The number of halogens is 2. The van der Waals surface area contributed by atoms with E-state index in [-0.39, 0.29) is 29.5 Å². The molecule has 1 amide bonds. The molecule has 0 atom stereocenters. The molecule has 1 aromatic heterocycles. The highest BCUT2D eigenvalue weighted by Crippen LogP contribution is 2.26. The van der Waals surface area contributed by atoms with Crippen molar-refractivity contribution in [1.29, 1.82) is 0 Å². The molecule has 0 bridgehead atoms. The lowest BCUT2D eigenvalue weighted by Gasteiger charge is -2.28. The number of nitrogens with zero attached hydrogens (tertiary/aromatic N) is 3. The summed E-state index contributed by atoms with van der Waals surface area (Å²) in [6, 6.07) is -0.117. The van der Waals surface area contributed by atoms with Crippen molar-refractivity contribution >= 4 is 23.9 Å². The van der Waals surface area contributed by atoms with Crippen LogP contribution in [0.1, 0.15) is 81.5 Å². The molecule has 0 unspecified atom stereocenters. The van der Waals surface area contributed by atoms with Gasteiger partial charge >= 0.3 is 6.61 Å². The van der Waals surface area contributed by atoms with Crippen molar-refractivity contribution in [2.75, 3.05) is 11.9 Å². The van der Waals surface area contributed by atoms with Gasteiger partial charge in [0.1, 0.15) is 5.56 Å². The molecule has 0 radical (unpaired) electrons. The quantitative estimate of drug-likeness (QED) is 0.351. The minimum atomic E-state index is -2.77. The number of carbonyl (C=O) groups excluding carboxylic acids is 1. The van der Waals surface area contributed by atoms with E-state index >= 15 is 0 Å². The molecule has 0 saturated heterocycles. The number of ether oxygens (including phenoxy) is 1. The third-order valence-corrected chi connectivity index (χ3v) is 6.28. The Labute approximate surface area is 193 Å². The van der Waals surface area contributed by atoms with Gasteiger partial charge in [-0.1, -0.05) is 13.3 Å². The molecule has 2 aliphatic carbocycles. The minimum Gasteiger partial charge on any atom is -0.393 e. The summed E-state index contributed by atoms with van der Waals surface area (Å²) in [5.74, 6) is 0.652. The summed E-state index contributed by atoms with van der Waals surface area (Å²) in [5.41, 5.74) is 0.286. The molecule has 0 aliphatic heterocycles. The summed E-state index contributed by atoms with van der Waals surface area (Å²) >= 11 is 0. The van der Waals surface area contributed by atoms with Crippen LogP contribution in [0.2, 0.25) is 0 Å². The number of carbonyl (C=O) groups is 1. The Morgan fingerprint density at radius 1 is 1.24 bits per heavy atom. The zero-order chi connectivity index (χ0) is 23.6. The van der Waals surface area contributed by atoms with E-state index in [0.717, 1.165) is 45.1 Å². The molecule has 2 saturated carbocycles. The lowest BCUT2D eigenvalue weighted by atomic mass is 9.88. The van der Waals surface area contributed by atoms with E-state index in [4.69, 9.17) is 0 Å². The predicted octanol–water partition coefficient (Wildman–Crippen LogP) is 4.22. The minimum absolute atomic E-state index is 0.117. The van der Waals surface area contributed by atoms with Crippen LogP contribution < -0.4 is 10.6 Å². The fraction of sp³-hybridized carbons (Fsp3) is 0.739. The number of aromatic nitrogens is 2. The Hall–Kier alpha value is -2.20. The van der Waals surface area contributed by atoms with Crippen molar-refractivity contribution in [2.45, 2.75) is 96.0 Å². The van der Waals surface area contributed by atoms with Gasteiger partial charge in [0.05, 0.1) is 12.2 Å². The smallest absolute Gasteiger partial charge is 0.345 e. The Morgan fingerprint density at radius 2 is 1.97 bits per heavy atom. The first-order valence-electron chi connectivity index (χ1n) is 12.0. The molecule has 2 fully saturated rings. The molecule has 0 spiro atoms. The van der Waals surface area contributed by atoms with Crippen molar-refractivity contribution in [2.24, 2.45) is 10.9 Å². The number of nitrogens with one attached hydrogen (secondary N) is 2. The Bertz CT molecular complexity index is 779. The average Bonchev–Trinajstić information content (AvgIpc) is 2.80. The second kappa shape index (κ2) is 12.9. The Kier molecular flexibility index (Phi) is 9.93. The van der Waals surface area contributed by atoms with Crippen LogP contribution in [0.3, 0.4) is 0 Å². The SMILES string of the molecule is CCCCNc1ncc(C(=O)NC2CCC(OC(F)F)CC2)c(/N=C\C2CCC(O)CC2)n1. The molecule has 8 nitrogen and oxygen atoms in total. The maximum atomic E-state index is 13.0.